The first kappa shape index (κ1) is 17.1. The zero-order chi connectivity index (χ0) is 17.3. The maximum absolute atomic E-state index is 13.9. The standard InChI is InChI=1S/C17H11BrFNO2S2/c1-22-13-5-3-12(4-6-13)20-16(21)15(24-17(20)23)9-10-8-11(18)2-7-14(10)19/h2-9H,1H3/b15-9-. The first-order valence-corrected chi connectivity index (χ1v) is 8.88. The third-order valence-corrected chi connectivity index (χ3v) is 5.16. The van der Waals surface area contributed by atoms with Crippen LogP contribution in [0.15, 0.2) is 51.8 Å². The fraction of sp³-hybridized carbons (Fsp3) is 0.0588. The monoisotopic (exact) mass is 423 g/mol. The molecule has 0 radical (unpaired) electrons. The largest absolute Gasteiger partial charge is 0.497 e. The first-order chi connectivity index (χ1) is 11.5. The van der Waals surface area contributed by atoms with E-state index in [1.807, 2.05) is 0 Å². The number of thiocarbonyl (C=S) groups is 1. The van der Waals surface area contributed by atoms with Gasteiger partial charge >= 0.3 is 0 Å². The number of nitrogens with zero attached hydrogens (tertiary/aromatic N) is 1. The molecule has 1 amide bonds. The minimum atomic E-state index is -0.395. The van der Waals surface area contributed by atoms with Crippen LogP contribution in [0.1, 0.15) is 5.56 Å². The van der Waals surface area contributed by atoms with E-state index in [1.165, 1.54) is 17.0 Å². The van der Waals surface area contributed by atoms with Crippen LogP contribution in [0.2, 0.25) is 0 Å². The molecule has 1 fully saturated rings. The molecule has 1 saturated heterocycles. The Labute approximate surface area is 156 Å². The topological polar surface area (TPSA) is 29.5 Å². The van der Waals surface area contributed by atoms with Gasteiger partial charge in [0.1, 0.15) is 11.6 Å². The molecule has 2 aromatic carbocycles. The molecule has 122 valence electrons. The molecule has 0 saturated carbocycles. The highest BCUT2D eigenvalue weighted by Crippen LogP contribution is 2.37. The van der Waals surface area contributed by atoms with E-state index >= 15 is 0 Å². The Bertz CT molecular complexity index is 852. The molecule has 24 heavy (non-hydrogen) atoms. The van der Waals surface area contributed by atoms with Crippen LogP contribution in [0.25, 0.3) is 6.08 Å². The summed E-state index contributed by atoms with van der Waals surface area (Å²) in [5.41, 5.74) is 0.982. The van der Waals surface area contributed by atoms with Gasteiger partial charge in [0.2, 0.25) is 0 Å². The average Bonchev–Trinajstić information content (AvgIpc) is 2.85. The highest BCUT2D eigenvalue weighted by molar-refractivity contribution is 9.10. The van der Waals surface area contributed by atoms with Crippen LogP contribution in [0.3, 0.4) is 0 Å². The van der Waals surface area contributed by atoms with Crippen molar-refractivity contribution in [3.05, 3.63) is 63.2 Å². The first-order valence-electron chi connectivity index (χ1n) is 6.86. The van der Waals surface area contributed by atoms with Crippen LogP contribution in [0, 0.1) is 5.82 Å². The summed E-state index contributed by atoms with van der Waals surface area (Å²) in [6.45, 7) is 0. The van der Waals surface area contributed by atoms with Gasteiger partial charge in [-0.25, -0.2) is 4.39 Å². The second kappa shape index (κ2) is 7.04. The quantitative estimate of drug-likeness (QED) is 0.512. The van der Waals surface area contributed by atoms with Crippen molar-refractivity contribution in [2.75, 3.05) is 12.0 Å². The number of ether oxygens (including phenoxy) is 1. The molecular formula is C17H11BrFNO2S2. The van der Waals surface area contributed by atoms with Crippen molar-refractivity contribution >= 4 is 61.9 Å². The Kier molecular flexibility index (Phi) is 5.03. The van der Waals surface area contributed by atoms with Gasteiger partial charge in [-0.1, -0.05) is 39.9 Å². The Morgan fingerprint density at radius 2 is 1.96 bits per heavy atom. The van der Waals surface area contributed by atoms with E-state index in [4.69, 9.17) is 17.0 Å². The molecule has 2 aromatic rings. The predicted octanol–water partition coefficient (Wildman–Crippen LogP) is 5.00. The second-order valence-electron chi connectivity index (χ2n) is 4.88. The smallest absolute Gasteiger partial charge is 0.270 e. The fourth-order valence-corrected chi connectivity index (χ4v) is 3.86. The van der Waals surface area contributed by atoms with Crippen LogP contribution >= 0.6 is 39.9 Å². The van der Waals surface area contributed by atoms with Crippen molar-refractivity contribution in [2.45, 2.75) is 0 Å². The molecule has 0 aromatic heterocycles. The molecule has 0 aliphatic carbocycles. The summed E-state index contributed by atoms with van der Waals surface area (Å²) < 4.78 is 20.2. The number of hydrogen-bond acceptors (Lipinski definition) is 4. The van der Waals surface area contributed by atoms with Gasteiger partial charge in [0, 0.05) is 10.0 Å². The Morgan fingerprint density at radius 3 is 2.62 bits per heavy atom. The third kappa shape index (κ3) is 3.38. The summed E-state index contributed by atoms with van der Waals surface area (Å²) in [5, 5.41) is 0. The summed E-state index contributed by atoms with van der Waals surface area (Å²) in [5.74, 6) is 0.0263. The highest BCUT2D eigenvalue weighted by atomic mass is 79.9. The van der Waals surface area contributed by atoms with Gasteiger partial charge < -0.3 is 4.74 Å². The van der Waals surface area contributed by atoms with Crippen molar-refractivity contribution in [3.63, 3.8) is 0 Å². The SMILES string of the molecule is COc1ccc(N2C(=O)/C(=C/c3cc(Br)ccc3F)SC2=S)cc1. The van der Waals surface area contributed by atoms with Gasteiger partial charge in [-0.3, -0.25) is 9.69 Å². The van der Waals surface area contributed by atoms with Gasteiger partial charge in [0.25, 0.3) is 5.91 Å². The predicted molar refractivity (Wildman–Crippen MR) is 103 cm³/mol. The van der Waals surface area contributed by atoms with E-state index < -0.39 is 5.82 Å². The van der Waals surface area contributed by atoms with Gasteiger partial charge in [0.15, 0.2) is 4.32 Å². The molecular weight excluding hydrogens is 413 g/mol. The number of rotatable bonds is 3. The summed E-state index contributed by atoms with van der Waals surface area (Å²) in [6, 6.07) is 11.6. The number of amides is 1. The number of methoxy groups -OCH3 is 1. The zero-order valence-corrected chi connectivity index (χ0v) is 15.7. The number of benzene rings is 2. The highest BCUT2D eigenvalue weighted by Gasteiger charge is 2.33. The van der Waals surface area contributed by atoms with Crippen LogP contribution in [-0.2, 0) is 4.79 Å². The van der Waals surface area contributed by atoms with E-state index in [1.54, 1.807) is 43.5 Å². The maximum atomic E-state index is 13.9. The van der Waals surface area contributed by atoms with E-state index in [-0.39, 0.29) is 5.91 Å². The lowest BCUT2D eigenvalue weighted by Crippen LogP contribution is -2.27. The van der Waals surface area contributed by atoms with E-state index in [9.17, 15) is 9.18 Å². The Balaban J connectivity index is 1.93. The normalized spacial score (nSPS) is 16.1. The minimum Gasteiger partial charge on any atom is -0.497 e. The van der Waals surface area contributed by atoms with Crippen LogP contribution < -0.4 is 9.64 Å². The number of hydrogen-bond donors (Lipinski definition) is 0. The number of carbonyl (C=O) groups excluding carboxylic acids is 1. The van der Waals surface area contributed by atoms with Crippen LogP contribution in [-0.4, -0.2) is 17.3 Å². The third-order valence-electron chi connectivity index (χ3n) is 3.37. The van der Waals surface area contributed by atoms with E-state index in [2.05, 4.69) is 15.9 Å². The van der Waals surface area contributed by atoms with Crippen molar-refractivity contribution in [2.24, 2.45) is 0 Å². The molecule has 0 N–H and O–H groups in total. The van der Waals surface area contributed by atoms with Gasteiger partial charge in [0.05, 0.1) is 17.7 Å². The number of halogens is 2. The lowest BCUT2D eigenvalue weighted by atomic mass is 10.2. The number of thioether (sulfide) groups is 1. The van der Waals surface area contributed by atoms with Crippen LogP contribution in [0.4, 0.5) is 10.1 Å². The van der Waals surface area contributed by atoms with Crippen molar-refractivity contribution in [3.8, 4) is 5.75 Å². The van der Waals surface area contributed by atoms with Crippen molar-refractivity contribution < 1.29 is 13.9 Å². The summed E-state index contributed by atoms with van der Waals surface area (Å²) in [4.78, 5) is 14.5. The van der Waals surface area contributed by atoms with Gasteiger partial charge in [-0.2, -0.15) is 0 Å². The molecule has 0 unspecified atom stereocenters. The molecule has 1 aliphatic rings. The molecule has 7 heteroatoms. The van der Waals surface area contributed by atoms with E-state index in [0.717, 1.165) is 16.2 Å². The van der Waals surface area contributed by atoms with Crippen molar-refractivity contribution in [1.82, 2.24) is 0 Å². The molecule has 3 nitrogen and oxygen atoms in total. The molecule has 0 bridgehead atoms. The molecule has 1 heterocycles. The van der Waals surface area contributed by atoms with Crippen LogP contribution in [0.5, 0.6) is 5.75 Å². The summed E-state index contributed by atoms with van der Waals surface area (Å²) in [6.07, 6.45) is 1.52. The molecule has 1 aliphatic heterocycles. The summed E-state index contributed by atoms with van der Waals surface area (Å²) in [7, 11) is 1.57. The molecule has 3 rings (SSSR count). The number of carbonyl (C=O) groups is 1. The Hall–Kier alpha value is -1.70. The Morgan fingerprint density at radius 1 is 1.25 bits per heavy atom. The lowest BCUT2D eigenvalue weighted by molar-refractivity contribution is -0.113. The van der Waals surface area contributed by atoms with E-state index in [0.29, 0.717) is 26.2 Å². The minimum absolute atomic E-state index is 0.269. The lowest BCUT2D eigenvalue weighted by Gasteiger charge is -2.14. The maximum Gasteiger partial charge on any atom is 0.270 e. The fourth-order valence-electron chi connectivity index (χ4n) is 2.19. The zero-order valence-electron chi connectivity index (χ0n) is 12.5. The van der Waals surface area contributed by atoms with Gasteiger partial charge in [-0.15, -0.1) is 0 Å². The van der Waals surface area contributed by atoms with Crippen molar-refractivity contribution in [1.29, 1.82) is 0 Å². The summed E-state index contributed by atoms with van der Waals surface area (Å²) >= 11 is 9.76. The van der Waals surface area contributed by atoms with Gasteiger partial charge in [-0.05, 0) is 48.5 Å². The second-order valence-corrected chi connectivity index (χ2v) is 7.47. The average molecular weight is 424 g/mol. The number of anilines is 1. The molecule has 0 atom stereocenters. The molecule has 0 spiro atoms.